The van der Waals surface area contributed by atoms with Crippen LogP contribution in [-0.2, 0) is 11.3 Å². The van der Waals surface area contributed by atoms with Crippen LogP contribution >= 0.6 is 22.6 Å². The summed E-state index contributed by atoms with van der Waals surface area (Å²) in [7, 11) is 0. The van der Waals surface area contributed by atoms with Crippen molar-refractivity contribution in [2.75, 3.05) is 6.54 Å². The Morgan fingerprint density at radius 3 is 2.83 bits per heavy atom. The van der Waals surface area contributed by atoms with Crippen LogP contribution in [0.5, 0.6) is 0 Å². The van der Waals surface area contributed by atoms with E-state index in [1.165, 1.54) is 0 Å². The molecule has 4 atom stereocenters. The normalized spacial score (nSPS) is 33.1. The van der Waals surface area contributed by atoms with Gasteiger partial charge in [0.1, 0.15) is 6.61 Å². The van der Waals surface area contributed by atoms with Gasteiger partial charge in [-0.2, -0.15) is 0 Å². The summed E-state index contributed by atoms with van der Waals surface area (Å²) in [5, 5.41) is 9.63. The highest BCUT2D eigenvalue weighted by molar-refractivity contribution is 14.1. The number of carbonyl (C=O) groups excluding carboxylic acids is 1. The Labute approximate surface area is 119 Å². The molecule has 2 aliphatic rings. The second-order valence-electron chi connectivity index (χ2n) is 4.78. The van der Waals surface area contributed by atoms with Crippen molar-refractivity contribution in [3.05, 3.63) is 35.9 Å². The maximum absolute atomic E-state index is 11.9. The summed E-state index contributed by atoms with van der Waals surface area (Å²) in [6.07, 6.45) is -0.526. The number of rotatable bonds is 2. The van der Waals surface area contributed by atoms with Gasteiger partial charge in [-0.05, 0) is 5.56 Å². The van der Waals surface area contributed by atoms with E-state index in [1.807, 2.05) is 30.3 Å². The topological polar surface area (TPSA) is 49.8 Å². The number of benzene rings is 1. The molecule has 2 fully saturated rings. The number of ether oxygens (including phenoxy) is 1. The highest BCUT2D eigenvalue weighted by Crippen LogP contribution is 2.46. The number of carbonyl (C=O) groups is 1. The van der Waals surface area contributed by atoms with E-state index < -0.39 is 0 Å². The fraction of sp³-hybridized carbons (Fsp3) is 0.462. The molecule has 5 heteroatoms. The fourth-order valence-electron chi connectivity index (χ4n) is 2.56. The summed E-state index contributed by atoms with van der Waals surface area (Å²) in [4.78, 5) is 13.6. The standard InChI is InChI=1S/C13H14INO3/c14-10-11-9(12(10)16)6-15(11)13(17)18-7-8-4-2-1-3-5-8/h1-5,9-12,16H,6-7H2/t9-,10-,11+,12-/m0/s1. The van der Waals surface area contributed by atoms with Crippen LogP contribution in [0.1, 0.15) is 5.56 Å². The second-order valence-corrected chi connectivity index (χ2v) is 6.22. The number of aliphatic hydroxyl groups is 1. The van der Waals surface area contributed by atoms with E-state index in [2.05, 4.69) is 22.6 Å². The number of aliphatic hydroxyl groups excluding tert-OH is 1. The maximum atomic E-state index is 11.9. The van der Waals surface area contributed by atoms with Gasteiger partial charge in [0, 0.05) is 12.5 Å². The zero-order valence-electron chi connectivity index (χ0n) is 9.70. The smallest absolute Gasteiger partial charge is 0.410 e. The van der Waals surface area contributed by atoms with E-state index in [-0.39, 0.29) is 28.1 Å². The van der Waals surface area contributed by atoms with Crippen molar-refractivity contribution in [3.63, 3.8) is 0 Å². The molecule has 18 heavy (non-hydrogen) atoms. The van der Waals surface area contributed by atoms with Gasteiger partial charge in [0.05, 0.1) is 16.1 Å². The molecule has 1 N–H and O–H groups in total. The van der Waals surface area contributed by atoms with Gasteiger partial charge in [-0.25, -0.2) is 4.79 Å². The zero-order valence-corrected chi connectivity index (χ0v) is 11.9. The molecule has 1 amide bonds. The van der Waals surface area contributed by atoms with Gasteiger partial charge >= 0.3 is 6.09 Å². The Hall–Kier alpha value is -0.820. The predicted octanol–water partition coefficient (Wildman–Crippen LogP) is 1.80. The van der Waals surface area contributed by atoms with Gasteiger partial charge in [-0.15, -0.1) is 0 Å². The minimum Gasteiger partial charge on any atom is -0.445 e. The number of nitrogens with zero attached hydrogens (tertiary/aromatic N) is 1. The molecule has 1 aromatic rings. The number of alkyl halides is 1. The molecule has 0 spiro atoms. The average molecular weight is 359 g/mol. The van der Waals surface area contributed by atoms with Crippen LogP contribution in [-0.4, -0.2) is 38.7 Å². The number of piperidine rings is 1. The van der Waals surface area contributed by atoms with Crippen molar-refractivity contribution in [2.24, 2.45) is 5.92 Å². The number of hydrogen-bond donors (Lipinski definition) is 1. The summed E-state index contributed by atoms with van der Waals surface area (Å²) < 4.78 is 5.41. The lowest BCUT2D eigenvalue weighted by Crippen LogP contribution is -2.76. The highest BCUT2D eigenvalue weighted by Gasteiger charge is 2.60. The minimum atomic E-state index is -0.270. The molecule has 1 aliphatic heterocycles. The van der Waals surface area contributed by atoms with Gasteiger partial charge < -0.3 is 14.7 Å². The predicted molar refractivity (Wildman–Crippen MR) is 74.4 cm³/mol. The van der Waals surface area contributed by atoms with Crippen molar-refractivity contribution in [2.45, 2.75) is 22.7 Å². The van der Waals surface area contributed by atoms with Crippen molar-refractivity contribution in [3.8, 4) is 0 Å². The molecule has 1 saturated carbocycles. The van der Waals surface area contributed by atoms with Gasteiger partial charge in [0.2, 0.25) is 0 Å². The molecule has 0 bridgehead atoms. The quantitative estimate of drug-likeness (QED) is 0.647. The average Bonchev–Trinajstić information content (AvgIpc) is 2.36. The van der Waals surface area contributed by atoms with Crippen LogP contribution in [0.25, 0.3) is 0 Å². The summed E-state index contributed by atoms with van der Waals surface area (Å²) >= 11 is 2.20. The van der Waals surface area contributed by atoms with E-state index >= 15 is 0 Å². The van der Waals surface area contributed by atoms with E-state index in [0.717, 1.165) is 5.56 Å². The van der Waals surface area contributed by atoms with Crippen molar-refractivity contribution in [1.29, 1.82) is 0 Å². The fourth-order valence-corrected chi connectivity index (χ4v) is 4.01. The van der Waals surface area contributed by atoms with Crippen molar-refractivity contribution >= 4 is 28.7 Å². The number of amides is 1. The summed E-state index contributed by atoms with van der Waals surface area (Å²) in [6.45, 7) is 0.932. The second kappa shape index (κ2) is 4.70. The first kappa shape index (κ1) is 12.2. The molecule has 0 radical (unpaired) electrons. The third-order valence-electron chi connectivity index (χ3n) is 3.74. The number of likely N-dealkylation sites (tertiary alicyclic amines) is 1. The number of halogens is 1. The summed E-state index contributed by atoms with van der Waals surface area (Å²) in [5.74, 6) is 0.260. The Morgan fingerprint density at radius 1 is 1.44 bits per heavy atom. The Balaban J connectivity index is 1.52. The molecule has 1 heterocycles. The molecule has 1 aliphatic carbocycles. The van der Waals surface area contributed by atoms with Crippen LogP contribution < -0.4 is 0 Å². The van der Waals surface area contributed by atoms with Gasteiger partial charge in [0.25, 0.3) is 0 Å². The van der Waals surface area contributed by atoms with Crippen LogP contribution in [0, 0.1) is 5.92 Å². The van der Waals surface area contributed by atoms with Crippen molar-refractivity contribution in [1.82, 2.24) is 4.90 Å². The first-order valence-electron chi connectivity index (χ1n) is 5.98. The van der Waals surface area contributed by atoms with Crippen molar-refractivity contribution < 1.29 is 14.6 Å². The third kappa shape index (κ3) is 1.89. The monoisotopic (exact) mass is 359 g/mol. The molecule has 0 unspecified atom stereocenters. The van der Waals surface area contributed by atoms with Crippen LogP contribution in [0.2, 0.25) is 0 Å². The third-order valence-corrected chi connectivity index (χ3v) is 5.21. The molecule has 96 valence electrons. The summed E-state index contributed by atoms with van der Waals surface area (Å²) in [6, 6.07) is 9.81. The lowest BCUT2D eigenvalue weighted by Gasteiger charge is -2.60. The van der Waals surface area contributed by atoms with Crippen LogP contribution in [0.3, 0.4) is 0 Å². The molecule has 0 aromatic heterocycles. The lowest BCUT2D eigenvalue weighted by molar-refractivity contribution is -0.125. The Kier molecular flexibility index (Phi) is 3.19. The Morgan fingerprint density at radius 2 is 2.17 bits per heavy atom. The molecular formula is C13H14INO3. The molecular weight excluding hydrogens is 345 g/mol. The maximum Gasteiger partial charge on any atom is 0.410 e. The SMILES string of the molecule is O=C(OCc1ccccc1)N1C[C@@H]2[C@H](O)[C@@H](I)[C@@H]21. The summed E-state index contributed by atoms with van der Waals surface area (Å²) in [5.41, 5.74) is 0.989. The van der Waals surface area contributed by atoms with Crippen LogP contribution in [0.15, 0.2) is 30.3 Å². The van der Waals surface area contributed by atoms with E-state index in [4.69, 9.17) is 4.74 Å². The molecule has 3 rings (SSSR count). The Bertz CT molecular complexity index is 447. The van der Waals surface area contributed by atoms with Crippen LogP contribution in [0.4, 0.5) is 4.79 Å². The first-order chi connectivity index (χ1) is 8.68. The number of hydrogen-bond acceptors (Lipinski definition) is 3. The molecule has 1 aromatic carbocycles. The molecule has 4 nitrogen and oxygen atoms in total. The minimum absolute atomic E-state index is 0.144. The lowest BCUT2D eigenvalue weighted by atomic mass is 9.69. The van der Waals surface area contributed by atoms with E-state index in [9.17, 15) is 9.90 Å². The van der Waals surface area contributed by atoms with Gasteiger partial charge in [-0.3, -0.25) is 0 Å². The van der Waals surface area contributed by atoms with Gasteiger partial charge in [0.15, 0.2) is 0 Å². The highest BCUT2D eigenvalue weighted by atomic mass is 127. The number of fused-ring (bicyclic) bond motifs is 1. The van der Waals surface area contributed by atoms with Gasteiger partial charge in [-0.1, -0.05) is 52.9 Å². The largest absolute Gasteiger partial charge is 0.445 e. The van der Waals surface area contributed by atoms with E-state index in [1.54, 1.807) is 4.90 Å². The zero-order chi connectivity index (χ0) is 12.7. The first-order valence-corrected chi connectivity index (χ1v) is 7.22. The molecule has 1 saturated heterocycles. The van der Waals surface area contributed by atoms with E-state index in [0.29, 0.717) is 13.2 Å².